The number of hydrogen-bond donors (Lipinski definition) is 2. The summed E-state index contributed by atoms with van der Waals surface area (Å²) in [4.78, 5) is 4.63. The predicted octanol–water partition coefficient (Wildman–Crippen LogP) is 3.15. The molecule has 1 rings (SSSR count). The maximum atomic E-state index is 12.1. The minimum atomic E-state index is -0.839. The summed E-state index contributed by atoms with van der Waals surface area (Å²) in [6.45, 7) is 11.8. The molecule has 136 valence electrons. The molecule has 6 heteroatoms. The van der Waals surface area contributed by atoms with Gasteiger partial charge in [-0.3, -0.25) is 9.20 Å². The van der Waals surface area contributed by atoms with Gasteiger partial charge in [0.05, 0.1) is 6.54 Å². The Hall–Kier alpha value is -0.230. The van der Waals surface area contributed by atoms with Crippen molar-refractivity contribution in [2.75, 3.05) is 24.6 Å². The summed E-state index contributed by atoms with van der Waals surface area (Å²) in [5, 5.41) is 7.69. The van der Waals surface area contributed by atoms with Gasteiger partial charge in [-0.15, -0.1) is 0 Å². The SMILES string of the molecule is CCNC(=NCCS(=O)C(C)(C)C)NC1CCCC(SCC)C1. The van der Waals surface area contributed by atoms with Crippen LogP contribution in [0.3, 0.4) is 0 Å². The van der Waals surface area contributed by atoms with Crippen LogP contribution in [0.4, 0.5) is 0 Å². The minimum absolute atomic E-state index is 0.157. The average Bonchev–Trinajstić information content (AvgIpc) is 2.47. The summed E-state index contributed by atoms with van der Waals surface area (Å²) < 4.78 is 11.9. The van der Waals surface area contributed by atoms with Gasteiger partial charge in [-0.1, -0.05) is 13.3 Å². The molecule has 0 aromatic heterocycles. The summed E-state index contributed by atoms with van der Waals surface area (Å²) >= 11 is 2.08. The average molecular weight is 362 g/mol. The first kappa shape index (κ1) is 20.8. The maximum absolute atomic E-state index is 12.1. The van der Waals surface area contributed by atoms with Gasteiger partial charge in [-0.25, -0.2) is 0 Å². The fraction of sp³-hybridized carbons (Fsp3) is 0.941. The van der Waals surface area contributed by atoms with E-state index in [1.165, 1.54) is 31.4 Å². The lowest BCUT2D eigenvalue weighted by atomic mass is 9.95. The highest BCUT2D eigenvalue weighted by Crippen LogP contribution is 2.28. The minimum Gasteiger partial charge on any atom is -0.357 e. The molecule has 3 atom stereocenters. The molecule has 0 spiro atoms. The molecule has 1 aliphatic carbocycles. The van der Waals surface area contributed by atoms with E-state index in [0.717, 1.165) is 17.8 Å². The van der Waals surface area contributed by atoms with Crippen LogP contribution in [0.25, 0.3) is 0 Å². The highest BCUT2D eigenvalue weighted by molar-refractivity contribution is 7.99. The molecule has 0 heterocycles. The van der Waals surface area contributed by atoms with Crippen molar-refractivity contribution in [3.05, 3.63) is 0 Å². The summed E-state index contributed by atoms with van der Waals surface area (Å²) in [6, 6.07) is 0.513. The molecule has 0 aromatic rings. The molecular formula is C17H35N3OS2. The van der Waals surface area contributed by atoms with Gasteiger partial charge in [-0.2, -0.15) is 11.8 Å². The van der Waals surface area contributed by atoms with E-state index >= 15 is 0 Å². The predicted molar refractivity (Wildman–Crippen MR) is 106 cm³/mol. The Balaban J connectivity index is 2.50. The Bertz CT molecular complexity index is 392. The van der Waals surface area contributed by atoms with Gasteiger partial charge in [0.25, 0.3) is 0 Å². The molecule has 0 bridgehead atoms. The molecular weight excluding hydrogens is 326 g/mol. The van der Waals surface area contributed by atoms with Crippen LogP contribution in [-0.2, 0) is 10.8 Å². The van der Waals surface area contributed by atoms with Crippen LogP contribution < -0.4 is 10.6 Å². The van der Waals surface area contributed by atoms with Crippen molar-refractivity contribution in [2.24, 2.45) is 4.99 Å². The van der Waals surface area contributed by atoms with Crippen molar-refractivity contribution in [3.8, 4) is 0 Å². The Morgan fingerprint density at radius 2 is 2.04 bits per heavy atom. The fourth-order valence-corrected chi connectivity index (χ4v) is 4.77. The molecule has 0 aromatic carbocycles. The molecule has 0 radical (unpaired) electrons. The van der Waals surface area contributed by atoms with E-state index in [4.69, 9.17) is 0 Å². The van der Waals surface area contributed by atoms with Gasteiger partial charge in [0.1, 0.15) is 0 Å². The first-order valence-electron chi connectivity index (χ1n) is 8.91. The third-order valence-corrected chi connectivity index (χ3v) is 7.10. The Kier molecular flexibility index (Phi) is 9.59. The zero-order chi connectivity index (χ0) is 17.3. The van der Waals surface area contributed by atoms with Crippen molar-refractivity contribution >= 4 is 28.5 Å². The molecule has 0 saturated heterocycles. The fourth-order valence-electron chi connectivity index (χ4n) is 2.72. The van der Waals surface area contributed by atoms with Gasteiger partial charge in [0, 0.05) is 39.1 Å². The van der Waals surface area contributed by atoms with Crippen LogP contribution in [0.1, 0.15) is 60.3 Å². The molecule has 4 nitrogen and oxygen atoms in total. The Morgan fingerprint density at radius 1 is 1.30 bits per heavy atom. The zero-order valence-corrected chi connectivity index (χ0v) is 17.1. The normalized spacial score (nSPS) is 24.3. The number of nitrogens with zero attached hydrogens (tertiary/aromatic N) is 1. The third-order valence-electron chi connectivity index (χ3n) is 3.94. The number of hydrogen-bond acceptors (Lipinski definition) is 3. The quantitative estimate of drug-likeness (QED) is 0.540. The largest absolute Gasteiger partial charge is 0.357 e. The molecule has 1 aliphatic rings. The standard InChI is InChI=1S/C17H35N3OS2/c1-6-18-16(19-11-12-23(21)17(3,4)5)20-14-9-8-10-15(13-14)22-7-2/h14-15H,6-13H2,1-5H3,(H2,18,19,20). The van der Waals surface area contributed by atoms with Gasteiger partial charge in [0.15, 0.2) is 5.96 Å². The van der Waals surface area contributed by atoms with Crippen molar-refractivity contribution in [1.82, 2.24) is 10.6 Å². The van der Waals surface area contributed by atoms with Crippen LogP contribution in [0.15, 0.2) is 4.99 Å². The number of rotatable bonds is 7. The first-order chi connectivity index (χ1) is 10.9. The van der Waals surface area contributed by atoms with Gasteiger partial charge in [0.2, 0.25) is 0 Å². The Labute approximate surface area is 149 Å². The molecule has 1 fully saturated rings. The lowest BCUT2D eigenvalue weighted by Gasteiger charge is -2.30. The monoisotopic (exact) mass is 361 g/mol. The van der Waals surface area contributed by atoms with Crippen molar-refractivity contribution < 1.29 is 4.21 Å². The number of nitrogens with one attached hydrogen (secondary N) is 2. The summed E-state index contributed by atoms with van der Waals surface area (Å²) in [7, 11) is -0.839. The maximum Gasteiger partial charge on any atom is 0.191 e. The summed E-state index contributed by atoms with van der Waals surface area (Å²) in [5.74, 6) is 2.70. The first-order valence-corrected chi connectivity index (χ1v) is 11.3. The van der Waals surface area contributed by atoms with Crippen LogP contribution in [-0.4, -0.2) is 50.8 Å². The molecule has 1 saturated carbocycles. The summed E-state index contributed by atoms with van der Waals surface area (Å²) in [6.07, 6.45) is 5.08. The van der Waals surface area contributed by atoms with Crippen LogP contribution >= 0.6 is 11.8 Å². The second kappa shape index (κ2) is 10.6. The molecule has 23 heavy (non-hydrogen) atoms. The number of guanidine groups is 1. The second-order valence-corrected chi connectivity index (χ2v) is 10.9. The smallest absolute Gasteiger partial charge is 0.191 e. The van der Waals surface area contributed by atoms with E-state index < -0.39 is 10.8 Å². The molecule has 0 amide bonds. The van der Waals surface area contributed by atoms with E-state index in [1.807, 2.05) is 20.8 Å². The van der Waals surface area contributed by atoms with Crippen molar-refractivity contribution in [1.29, 1.82) is 0 Å². The van der Waals surface area contributed by atoms with Crippen molar-refractivity contribution in [3.63, 3.8) is 0 Å². The number of aliphatic imine (C=N–C) groups is 1. The molecule has 2 N–H and O–H groups in total. The third kappa shape index (κ3) is 8.43. The van der Waals surface area contributed by atoms with Gasteiger partial charge < -0.3 is 10.6 Å². The lowest BCUT2D eigenvalue weighted by molar-refractivity contribution is 0.419. The topological polar surface area (TPSA) is 53.5 Å². The molecule has 3 unspecified atom stereocenters. The second-order valence-electron chi connectivity index (χ2n) is 7.01. The van der Waals surface area contributed by atoms with E-state index in [0.29, 0.717) is 18.3 Å². The van der Waals surface area contributed by atoms with E-state index in [2.05, 4.69) is 41.2 Å². The summed E-state index contributed by atoms with van der Waals surface area (Å²) in [5.41, 5.74) is 0. The van der Waals surface area contributed by atoms with E-state index in [1.54, 1.807) is 0 Å². The molecule has 0 aliphatic heterocycles. The zero-order valence-electron chi connectivity index (χ0n) is 15.5. The van der Waals surface area contributed by atoms with Crippen LogP contribution in [0, 0.1) is 0 Å². The number of thioether (sulfide) groups is 1. The van der Waals surface area contributed by atoms with Crippen molar-refractivity contribution in [2.45, 2.75) is 76.3 Å². The lowest BCUT2D eigenvalue weighted by Crippen LogP contribution is -2.46. The highest BCUT2D eigenvalue weighted by atomic mass is 32.2. The van der Waals surface area contributed by atoms with Gasteiger partial charge >= 0.3 is 0 Å². The van der Waals surface area contributed by atoms with Crippen LogP contribution in [0.5, 0.6) is 0 Å². The van der Waals surface area contributed by atoms with Crippen LogP contribution in [0.2, 0.25) is 0 Å². The van der Waals surface area contributed by atoms with E-state index in [9.17, 15) is 4.21 Å². The van der Waals surface area contributed by atoms with Gasteiger partial charge in [-0.05, 0) is 52.7 Å². The van der Waals surface area contributed by atoms with E-state index in [-0.39, 0.29) is 4.75 Å². The highest BCUT2D eigenvalue weighted by Gasteiger charge is 2.23. The Morgan fingerprint density at radius 3 is 2.65 bits per heavy atom.